The zero-order chi connectivity index (χ0) is 15.5. The first kappa shape index (κ1) is 14.4. The SMILES string of the molecule is O=C(Nc1nc(N2CCCCC2)n[nH]1)c1c(F)cccc1F. The number of amides is 1. The summed E-state index contributed by atoms with van der Waals surface area (Å²) >= 11 is 0. The lowest BCUT2D eigenvalue weighted by molar-refractivity contribution is 0.101. The highest BCUT2D eigenvalue weighted by Crippen LogP contribution is 2.18. The van der Waals surface area contributed by atoms with Crippen molar-refractivity contribution in [1.29, 1.82) is 0 Å². The summed E-state index contributed by atoms with van der Waals surface area (Å²) in [6, 6.07) is 3.25. The molecule has 0 bridgehead atoms. The summed E-state index contributed by atoms with van der Waals surface area (Å²) in [4.78, 5) is 18.1. The van der Waals surface area contributed by atoms with E-state index >= 15 is 0 Å². The van der Waals surface area contributed by atoms with Gasteiger partial charge in [0.1, 0.15) is 17.2 Å². The van der Waals surface area contributed by atoms with Crippen molar-refractivity contribution >= 4 is 17.8 Å². The van der Waals surface area contributed by atoms with Crippen LogP contribution in [-0.4, -0.2) is 34.2 Å². The quantitative estimate of drug-likeness (QED) is 0.912. The van der Waals surface area contributed by atoms with Crippen molar-refractivity contribution in [2.24, 2.45) is 0 Å². The number of aromatic nitrogens is 3. The molecule has 0 unspecified atom stereocenters. The van der Waals surface area contributed by atoms with E-state index < -0.39 is 23.1 Å². The highest BCUT2D eigenvalue weighted by molar-refractivity contribution is 6.03. The van der Waals surface area contributed by atoms with E-state index in [1.165, 1.54) is 12.5 Å². The third-order valence-corrected chi connectivity index (χ3v) is 3.53. The topological polar surface area (TPSA) is 73.9 Å². The fraction of sp³-hybridized carbons (Fsp3) is 0.357. The minimum Gasteiger partial charge on any atom is -0.340 e. The van der Waals surface area contributed by atoms with E-state index in [1.54, 1.807) is 0 Å². The lowest BCUT2D eigenvalue weighted by Crippen LogP contribution is -2.30. The molecule has 0 atom stereocenters. The van der Waals surface area contributed by atoms with Gasteiger partial charge in [-0.3, -0.25) is 10.1 Å². The number of halogens is 2. The van der Waals surface area contributed by atoms with Crippen molar-refractivity contribution in [1.82, 2.24) is 15.2 Å². The van der Waals surface area contributed by atoms with E-state index in [1.807, 2.05) is 4.90 Å². The number of anilines is 2. The molecule has 1 aliphatic rings. The zero-order valence-corrected chi connectivity index (χ0v) is 11.8. The second-order valence-corrected chi connectivity index (χ2v) is 5.08. The van der Waals surface area contributed by atoms with E-state index in [2.05, 4.69) is 20.5 Å². The molecule has 8 heteroatoms. The van der Waals surface area contributed by atoms with Gasteiger partial charge in [-0.15, -0.1) is 5.10 Å². The Morgan fingerprint density at radius 1 is 1.18 bits per heavy atom. The largest absolute Gasteiger partial charge is 0.340 e. The molecule has 1 saturated heterocycles. The molecule has 1 aromatic carbocycles. The van der Waals surface area contributed by atoms with Crippen LogP contribution in [0.15, 0.2) is 18.2 Å². The Bertz CT molecular complexity index is 661. The molecule has 1 aromatic heterocycles. The average molecular weight is 307 g/mol. The smallest absolute Gasteiger partial charge is 0.263 e. The second-order valence-electron chi connectivity index (χ2n) is 5.08. The van der Waals surface area contributed by atoms with Crippen LogP contribution in [0, 0.1) is 11.6 Å². The maximum absolute atomic E-state index is 13.5. The lowest BCUT2D eigenvalue weighted by Gasteiger charge is -2.24. The van der Waals surface area contributed by atoms with Crippen LogP contribution in [0.2, 0.25) is 0 Å². The third kappa shape index (κ3) is 2.90. The molecule has 116 valence electrons. The second kappa shape index (κ2) is 6.08. The van der Waals surface area contributed by atoms with Crippen molar-refractivity contribution in [2.45, 2.75) is 19.3 Å². The van der Waals surface area contributed by atoms with Crippen LogP contribution in [0.25, 0.3) is 0 Å². The molecule has 2 N–H and O–H groups in total. The minimum absolute atomic E-state index is 0.0632. The van der Waals surface area contributed by atoms with Gasteiger partial charge in [-0.2, -0.15) is 4.98 Å². The molecule has 0 saturated carbocycles. The highest BCUT2D eigenvalue weighted by atomic mass is 19.1. The van der Waals surface area contributed by atoms with Crippen molar-refractivity contribution < 1.29 is 13.6 Å². The molecule has 0 radical (unpaired) electrons. The van der Waals surface area contributed by atoms with E-state index in [0.29, 0.717) is 5.95 Å². The van der Waals surface area contributed by atoms with E-state index in [-0.39, 0.29) is 5.95 Å². The lowest BCUT2D eigenvalue weighted by atomic mass is 10.1. The number of carbonyl (C=O) groups is 1. The molecular formula is C14H15F2N5O. The van der Waals surface area contributed by atoms with Gasteiger partial charge in [0.2, 0.25) is 11.9 Å². The molecule has 22 heavy (non-hydrogen) atoms. The maximum Gasteiger partial charge on any atom is 0.263 e. The van der Waals surface area contributed by atoms with E-state index in [4.69, 9.17) is 0 Å². The zero-order valence-electron chi connectivity index (χ0n) is 11.8. The molecule has 0 spiro atoms. The van der Waals surface area contributed by atoms with Gasteiger partial charge in [0.05, 0.1) is 0 Å². The summed E-state index contributed by atoms with van der Waals surface area (Å²) in [5.41, 5.74) is -0.640. The number of nitrogens with one attached hydrogen (secondary N) is 2. The standard InChI is InChI=1S/C14H15F2N5O/c15-9-5-4-6-10(16)11(9)12(22)17-13-18-14(20-19-13)21-7-2-1-3-8-21/h4-6H,1-3,7-8H2,(H2,17,18,19,20,22). The molecule has 2 heterocycles. The number of hydrogen-bond acceptors (Lipinski definition) is 4. The Kier molecular flexibility index (Phi) is 3.99. The predicted molar refractivity (Wildman–Crippen MR) is 76.8 cm³/mol. The molecule has 2 aromatic rings. The van der Waals surface area contributed by atoms with Crippen molar-refractivity contribution in [3.63, 3.8) is 0 Å². The molecular weight excluding hydrogens is 292 g/mol. The normalized spacial score (nSPS) is 14.9. The molecule has 3 rings (SSSR count). The highest BCUT2D eigenvalue weighted by Gasteiger charge is 2.20. The van der Waals surface area contributed by atoms with Crippen LogP contribution in [0.5, 0.6) is 0 Å². The van der Waals surface area contributed by atoms with E-state index in [9.17, 15) is 13.6 Å². The van der Waals surface area contributed by atoms with Crippen molar-refractivity contribution in [2.75, 3.05) is 23.3 Å². The molecule has 1 fully saturated rings. The van der Waals surface area contributed by atoms with Crippen LogP contribution < -0.4 is 10.2 Å². The van der Waals surface area contributed by atoms with Crippen LogP contribution in [0.4, 0.5) is 20.7 Å². The Hall–Kier alpha value is -2.51. The first-order valence-electron chi connectivity index (χ1n) is 7.08. The Balaban J connectivity index is 1.73. The summed E-state index contributed by atoms with van der Waals surface area (Å²) < 4.78 is 27.1. The van der Waals surface area contributed by atoms with Gasteiger partial charge in [0.15, 0.2) is 0 Å². The summed E-state index contributed by atoms with van der Waals surface area (Å²) in [7, 11) is 0. The van der Waals surface area contributed by atoms with Gasteiger partial charge >= 0.3 is 0 Å². The number of hydrogen-bond donors (Lipinski definition) is 2. The summed E-state index contributed by atoms with van der Waals surface area (Å²) in [5, 5.41) is 8.91. The van der Waals surface area contributed by atoms with Gasteiger partial charge in [0.25, 0.3) is 5.91 Å². The number of nitrogens with zero attached hydrogens (tertiary/aromatic N) is 3. The molecule has 1 aliphatic heterocycles. The Morgan fingerprint density at radius 3 is 2.55 bits per heavy atom. The summed E-state index contributed by atoms with van der Waals surface area (Å²) in [6.45, 7) is 1.71. The molecule has 6 nitrogen and oxygen atoms in total. The molecule has 0 aliphatic carbocycles. The van der Waals surface area contributed by atoms with Crippen LogP contribution >= 0.6 is 0 Å². The van der Waals surface area contributed by atoms with Crippen molar-refractivity contribution in [3.8, 4) is 0 Å². The van der Waals surface area contributed by atoms with Crippen LogP contribution in [0.3, 0.4) is 0 Å². The monoisotopic (exact) mass is 307 g/mol. The fourth-order valence-corrected chi connectivity index (χ4v) is 2.43. The first-order chi connectivity index (χ1) is 10.6. The van der Waals surface area contributed by atoms with Gasteiger partial charge in [-0.25, -0.2) is 13.9 Å². The number of benzene rings is 1. The summed E-state index contributed by atoms with van der Waals surface area (Å²) in [6.07, 6.45) is 3.31. The fourth-order valence-electron chi connectivity index (χ4n) is 2.43. The predicted octanol–water partition coefficient (Wildman–Crippen LogP) is 2.33. The van der Waals surface area contributed by atoms with Crippen LogP contribution in [-0.2, 0) is 0 Å². The maximum atomic E-state index is 13.5. The Labute approximate surface area is 125 Å². The van der Waals surface area contributed by atoms with Crippen LogP contribution in [0.1, 0.15) is 29.6 Å². The van der Waals surface area contributed by atoms with Gasteiger partial charge in [0, 0.05) is 13.1 Å². The number of aromatic amines is 1. The third-order valence-electron chi connectivity index (χ3n) is 3.53. The number of piperidine rings is 1. The van der Waals surface area contributed by atoms with Gasteiger partial charge in [-0.1, -0.05) is 6.07 Å². The number of carbonyl (C=O) groups excluding carboxylic acids is 1. The summed E-state index contributed by atoms with van der Waals surface area (Å²) in [5.74, 6) is -2.21. The van der Waals surface area contributed by atoms with Gasteiger partial charge < -0.3 is 4.90 Å². The van der Waals surface area contributed by atoms with E-state index in [0.717, 1.165) is 38.1 Å². The van der Waals surface area contributed by atoms with Crippen molar-refractivity contribution in [3.05, 3.63) is 35.4 Å². The number of H-pyrrole nitrogens is 1. The Morgan fingerprint density at radius 2 is 1.86 bits per heavy atom. The molecule has 1 amide bonds. The number of rotatable bonds is 3. The minimum atomic E-state index is -0.923. The first-order valence-corrected chi connectivity index (χ1v) is 7.08. The van der Waals surface area contributed by atoms with Gasteiger partial charge in [-0.05, 0) is 31.4 Å². The average Bonchev–Trinajstić information content (AvgIpc) is 2.96.